The van der Waals surface area contributed by atoms with Crippen molar-refractivity contribution in [1.82, 2.24) is 4.90 Å². The smallest absolute Gasteiger partial charge is 0.324 e. The van der Waals surface area contributed by atoms with Gasteiger partial charge in [-0.25, -0.2) is 0 Å². The number of nitrogens with two attached hydrogens (primary N) is 1. The molecule has 0 saturated heterocycles. The summed E-state index contributed by atoms with van der Waals surface area (Å²) in [6, 6.07) is 0. The molecule has 0 heterocycles. The Morgan fingerprint density at radius 3 is 2.19 bits per heavy atom. The average molecular weight is 230 g/mol. The van der Waals surface area contributed by atoms with E-state index < -0.39 is 11.5 Å². The summed E-state index contributed by atoms with van der Waals surface area (Å²) in [6.45, 7) is 2.68. The Morgan fingerprint density at radius 1 is 1.25 bits per heavy atom. The first kappa shape index (κ1) is 15.4. The summed E-state index contributed by atoms with van der Waals surface area (Å²) in [6.07, 6.45) is 5.27. The van der Waals surface area contributed by atoms with Crippen molar-refractivity contribution >= 4 is 5.97 Å². The lowest BCUT2D eigenvalue weighted by Crippen LogP contribution is -2.51. The first-order chi connectivity index (χ1) is 7.51. The topological polar surface area (TPSA) is 66.6 Å². The molecule has 0 saturated carbocycles. The molecule has 16 heavy (non-hydrogen) atoms. The lowest BCUT2D eigenvalue weighted by atomic mass is 9.86. The Morgan fingerprint density at radius 2 is 1.81 bits per heavy atom. The van der Waals surface area contributed by atoms with Gasteiger partial charge in [-0.2, -0.15) is 0 Å². The third-order valence-corrected chi connectivity index (χ3v) is 3.24. The number of likely N-dealkylation sites (N-methyl/N-ethyl adjacent to an activating group) is 1. The van der Waals surface area contributed by atoms with Crippen LogP contribution < -0.4 is 5.73 Å². The minimum atomic E-state index is -0.728. The molecule has 0 amide bonds. The number of unbranched alkanes of at least 4 members (excludes halogenated alkanes) is 2. The van der Waals surface area contributed by atoms with Crippen LogP contribution in [0, 0.1) is 0 Å². The first-order valence-corrected chi connectivity index (χ1v) is 6.12. The van der Waals surface area contributed by atoms with E-state index in [1.807, 2.05) is 19.0 Å². The molecule has 96 valence electrons. The molecular formula is C12H26N2O2. The number of carboxylic acids is 1. The van der Waals surface area contributed by atoms with E-state index in [1.165, 1.54) is 0 Å². The summed E-state index contributed by atoms with van der Waals surface area (Å²) < 4.78 is 0. The molecule has 0 aliphatic rings. The van der Waals surface area contributed by atoms with Gasteiger partial charge in [0.2, 0.25) is 0 Å². The molecule has 0 rings (SSSR count). The van der Waals surface area contributed by atoms with E-state index in [2.05, 4.69) is 6.92 Å². The molecule has 4 nitrogen and oxygen atoms in total. The van der Waals surface area contributed by atoms with Crippen molar-refractivity contribution in [3.8, 4) is 0 Å². The van der Waals surface area contributed by atoms with E-state index in [4.69, 9.17) is 5.73 Å². The maximum atomic E-state index is 11.5. The Hall–Kier alpha value is -0.610. The number of hydrogen-bond donors (Lipinski definition) is 2. The highest BCUT2D eigenvalue weighted by atomic mass is 16.4. The number of carbonyl (C=O) groups is 1. The van der Waals surface area contributed by atoms with E-state index in [9.17, 15) is 9.90 Å². The molecule has 3 N–H and O–H groups in total. The third-order valence-electron chi connectivity index (χ3n) is 3.24. The summed E-state index contributed by atoms with van der Waals surface area (Å²) in [5.74, 6) is -0.720. The zero-order chi connectivity index (χ0) is 12.6. The van der Waals surface area contributed by atoms with E-state index in [0.29, 0.717) is 19.4 Å². The molecule has 0 aromatic rings. The highest BCUT2D eigenvalue weighted by molar-refractivity contribution is 5.78. The van der Waals surface area contributed by atoms with E-state index >= 15 is 0 Å². The van der Waals surface area contributed by atoms with Gasteiger partial charge in [0, 0.05) is 0 Å². The number of aliphatic carboxylic acids is 1. The molecule has 0 aliphatic carbocycles. The Balaban J connectivity index is 4.59. The SMILES string of the molecule is CCCCCC(CCCN)(C(=O)O)N(C)C. The fourth-order valence-corrected chi connectivity index (χ4v) is 2.04. The second-order valence-electron chi connectivity index (χ2n) is 4.58. The van der Waals surface area contributed by atoms with Crippen molar-refractivity contribution in [2.45, 2.75) is 51.0 Å². The fourth-order valence-electron chi connectivity index (χ4n) is 2.04. The molecule has 4 heteroatoms. The minimum absolute atomic E-state index is 0.552. The molecule has 0 spiro atoms. The van der Waals surface area contributed by atoms with Gasteiger partial charge in [-0.05, 0) is 39.9 Å². The molecule has 1 atom stereocenters. The predicted octanol–water partition coefficient (Wildman–Crippen LogP) is 1.69. The minimum Gasteiger partial charge on any atom is -0.480 e. The van der Waals surface area contributed by atoms with Crippen LogP contribution in [0.2, 0.25) is 0 Å². The molecular weight excluding hydrogens is 204 g/mol. The monoisotopic (exact) mass is 230 g/mol. The summed E-state index contributed by atoms with van der Waals surface area (Å²) >= 11 is 0. The van der Waals surface area contributed by atoms with Crippen LogP contribution >= 0.6 is 0 Å². The van der Waals surface area contributed by atoms with Crippen molar-refractivity contribution in [2.24, 2.45) is 5.73 Å². The van der Waals surface area contributed by atoms with Gasteiger partial charge in [-0.1, -0.05) is 26.2 Å². The van der Waals surface area contributed by atoms with Crippen molar-refractivity contribution in [1.29, 1.82) is 0 Å². The first-order valence-electron chi connectivity index (χ1n) is 6.12. The molecule has 0 fully saturated rings. The number of carboxylic acid groups (broad SMARTS) is 1. The molecule has 0 aromatic carbocycles. The molecule has 0 radical (unpaired) electrons. The molecule has 0 aromatic heterocycles. The van der Waals surface area contributed by atoms with Gasteiger partial charge in [0.25, 0.3) is 0 Å². The second-order valence-corrected chi connectivity index (χ2v) is 4.58. The normalized spacial score (nSPS) is 15.1. The Labute approximate surface area is 98.8 Å². The van der Waals surface area contributed by atoms with E-state index in [1.54, 1.807) is 0 Å². The van der Waals surface area contributed by atoms with Crippen molar-refractivity contribution in [3.63, 3.8) is 0 Å². The van der Waals surface area contributed by atoms with Crippen LogP contribution in [-0.4, -0.2) is 42.2 Å². The average Bonchev–Trinajstić information content (AvgIpc) is 2.22. The molecule has 0 bridgehead atoms. The fraction of sp³-hybridized carbons (Fsp3) is 0.917. The van der Waals surface area contributed by atoms with Gasteiger partial charge in [-0.15, -0.1) is 0 Å². The van der Waals surface area contributed by atoms with Crippen molar-refractivity contribution in [3.05, 3.63) is 0 Å². The predicted molar refractivity (Wildman–Crippen MR) is 66.5 cm³/mol. The van der Waals surface area contributed by atoms with Gasteiger partial charge in [-0.3, -0.25) is 9.69 Å². The van der Waals surface area contributed by atoms with Gasteiger partial charge in [0.1, 0.15) is 5.54 Å². The van der Waals surface area contributed by atoms with Gasteiger partial charge < -0.3 is 10.8 Å². The lowest BCUT2D eigenvalue weighted by molar-refractivity contribution is -0.151. The van der Waals surface area contributed by atoms with Crippen molar-refractivity contribution in [2.75, 3.05) is 20.6 Å². The number of hydrogen-bond acceptors (Lipinski definition) is 3. The van der Waals surface area contributed by atoms with Crippen LogP contribution in [0.15, 0.2) is 0 Å². The Bertz CT molecular complexity index is 207. The van der Waals surface area contributed by atoms with E-state index in [0.717, 1.165) is 25.7 Å². The summed E-state index contributed by atoms with van der Waals surface area (Å²) in [7, 11) is 3.69. The van der Waals surface area contributed by atoms with E-state index in [-0.39, 0.29) is 0 Å². The lowest BCUT2D eigenvalue weighted by Gasteiger charge is -2.36. The second kappa shape index (κ2) is 7.63. The standard InChI is InChI=1S/C12H26N2O2/c1-4-5-6-8-12(11(15)16,14(2)3)9-7-10-13/h4-10,13H2,1-3H3,(H,15,16). The maximum Gasteiger partial charge on any atom is 0.324 e. The maximum absolute atomic E-state index is 11.5. The quantitative estimate of drug-likeness (QED) is 0.592. The zero-order valence-corrected chi connectivity index (χ0v) is 10.8. The zero-order valence-electron chi connectivity index (χ0n) is 10.8. The summed E-state index contributed by atoms with van der Waals surface area (Å²) in [5, 5.41) is 9.44. The number of nitrogens with zero attached hydrogens (tertiary/aromatic N) is 1. The van der Waals surface area contributed by atoms with Crippen LogP contribution in [0.3, 0.4) is 0 Å². The van der Waals surface area contributed by atoms with Crippen LogP contribution in [0.25, 0.3) is 0 Å². The largest absolute Gasteiger partial charge is 0.480 e. The van der Waals surface area contributed by atoms with Crippen LogP contribution in [-0.2, 0) is 4.79 Å². The summed E-state index contributed by atoms with van der Waals surface area (Å²) in [4.78, 5) is 13.3. The number of rotatable bonds is 9. The van der Waals surface area contributed by atoms with Crippen molar-refractivity contribution < 1.29 is 9.90 Å². The highest BCUT2D eigenvalue weighted by Crippen LogP contribution is 2.26. The van der Waals surface area contributed by atoms with Crippen LogP contribution in [0.1, 0.15) is 45.4 Å². The third kappa shape index (κ3) is 4.10. The highest BCUT2D eigenvalue weighted by Gasteiger charge is 2.39. The summed E-state index contributed by atoms with van der Waals surface area (Å²) in [5.41, 5.74) is 4.75. The molecule has 1 unspecified atom stereocenters. The van der Waals surface area contributed by atoms with Gasteiger partial charge in [0.05, 0.1) is 0 Å². The molecule has 0 aliphatic heterocycles. The van der Waals surface area contributed by atoms with Gasteiger partial charge in [0.15, 0.2) is 0 Å². The van der Waals surface area contributed by atoms with Gasteiger partial charge >= 0.3 is 5.97 Å². The Kier molecular flexibility index (Phi) is 7.34. The van der Waals surface area contributed by atoms with Crippen LogP contribution in [0.4, 0.5) is 0 Å². The van der Waals surface area contributed by atoms with Crippen LogP contribution in [0.5, 0.6) is 0 Å².